The van der Waals surface area contributed by atoms with Gasteiger partial charge in [0.25, 0.3) is 0 Å². The molecule has 20 heavy (non-hydrogen) atoms. The summed E-state index contributed by atoms with van der Waals surface area (Å²) in [5, 5.41) is 0. The molecule has 5 heteroatoms. The van der Waals surface area contributed by atoms with Gasteiger partial charge in [-0.3, -0.25) is 4.90 Å². The lowest BCUT2D eigenvalue weighted by atomic mass is 10.0. The third-order valence-corrected chi connectivity index (χ3v) is 4.58. The number of rotatable bonds is 7. The number of nitrogens with zero attached hydrogens (tertiary/aromatic N) is 1. The second-order valence-corrected chi connectivity index (χ2v) is 6.15. The van der Waals surface area contributed by atoms with Crippen molar-refractivity contribution in [2.45, 2.75) is 25.4 Å². The van der Waals surface area contributed by atoms with Gasteiger partial charge in [-0.05, 0) is 50.1 Å². The molecule has 4 nitrogen and oxygen atoms in total. The van der Waals surface area contributed by atoms with Gasteiger partial charge in [-0.2, -0.15) is 11.8 Å². The molecule has 2 rings (SSSR count). The van der Waals surface area contributed by atoms with Crippen LogP contribution >= 0.6 is 11.8 Å². The number of fused-ring (bicyclic) bond motifs is 1. The van der Waals surface area contributed by atoms with E-state index in [9.17, 15) is 0 Å². The highest BCUT2D eigenvalue weighted by molar-refractivity contribution is 7.98. The van der Waals surface area contributed by atoms with E-state index < -0.39 is 0 Å². The molecule has 1 aromatic rings. The zero-order valence-electron chi connectivity index (χ0n) is 12.5. The van der Waals surface area contributed by atoms with E-state index in [1.165, 1.54) is 17.7 Å². The number of hydrogen-bond acceptors (Lipinski definition) is 5. The monoisotopic (exact) mass is 296 g/mol. The van der Waals surface area contributed by atoms with Crippen LogP contribution in [0.3, 0.4) is 0 Å². The van der Waals surface area contributed by atoms with Gasteiger partial charge in [-0.15, -0.1) is 0 Å². The average Bonchev–Trinajstić information content (AvgIpc) is 2.93. The van der Waals surface area contributed by atoms with Crippen LogP contribution in [0.25, 0.3) is 0 Å². The van der Waals surface area contributed by atoms with Crippen LogP contribution in [0.15, 0.2) is 18.2 Å². The van der Waals surface area contributed by atoms with Gasteiger partial charge in [0.15, 0.2) is 11.5 Å². The Morgan fingerprint density at radius 1 is 1.35 bits per heavy atom. The van der Waals surface area contributed by atoms with E-state index in [4.69, 9.17) is 15.2 Å². The van der Waals surface area contributed by atoms with E-state index in [1.54, 1.807) is 0 Å². The van der Waals surface area contributed by atoms with Crippen molar-refractivity contribution in [2.24, 2.45) is 5.73 Å². The third kappa shape index (κ3) is 3.40. The van der Waals surface area contributed by atoms with Crippen molar-refractivity contribution in [3.8, 4) is 11.5 Å². The largest absolute Gasteiger partial charge is 0.454 e. The maximum absolute atomic E-state index is 6.00. The first-order valence-corrected chi connectivity index (χ1v) is 8.37. The molecule has 1 aromatic carbocycles. The molecule has 112 valence electrons. The maximum Gasteiger partial charge on any atom is 0.231 e. The number of ether oxygens (including phenoxy) is 2. The predicted octanol–water partition coefficient (Wildman–Crippen LogP) is 2.49. The second kappa shape index (κ2) is 7.20. The second-order valence-electron chi connectivity index (χ2n) is 5.16. The summed E-state index contributed by atoms with van der Waals surface area (Å²) in [6, 6.07) is 6.82. The molecule has 1 aliphatic heterocycles. The summed E-state index contributed by atoms with van der Waals surface area (Å²) in [6.07, 6.45) is 3.31. The summed E-state index contributed by atoms with van der Waals surface area (Å²) in [7, 11) is 2.15. The first-order valence-electron chi connectivity index (χ1n) is 6.97. The number of benzene rings is 1. The Morgan fingerprint density at radius 2 is 2.10 bits per heavy atom. The molecule has 1 heterocycles. The molecule has 0 fully saturated rings. The summed E-state index contributed by atoms with van der Waals surface area (Å²) >= 11 is 1.88. The lowest BCUT2D eigenvalue weighted by molar-refractivity contribution is 0.173. The molecular formula is C15H24N2O2S. The van der Waals surface area contributed by atoms with Crippen LogP contribution in [0.5, 0.6) is 11.5 Å². The van der Waals surface area contributed by atoms with Gasteiger partial charge in [0.05, 0.1) is 0 Å². The molecule has 0 amide bonds. The zero-order chi connectivity index (χ0) is 14.5. The van der Waals surface area contributed by atoms with Gasteiger partial charge < -0.3 is 15.2 Å². The Hall–Kier alpha value is -0.910. The van der Waals surface area contributed by atoms with Crippen LogP contribution < -0.4 is 15.2 Å². The quantitative estimate of drug-likeness (QED) is 0.837. The molecule has 0 radical (unpaired) electrons. The SMILES string of the molecule is CSCCC(C)N(C)C(CN)c1ccc2c(c1)OCO2. The first kappa shape index (κ1) is 15.5. The normalized spacial score (nSPS) is 16.4. The minimum Gasteiger partial charge on any atom is -0.454 e. The minimum absolute atomic E-state index is 0.210. The third-order valence-electron chi connectivity index (χ3n) is 3.93. The molecule has 2 atom stereocenters. The molecule has 0 spiro atoms. The summed E-state index contributed by atoms with van der Waals surface area (Å²) in [5.74, 6) is 2.82. The van der Waals surface area contributed by atoms with Gasteiger partial charge in [-0.25, -0.2) is 0 Å². The van der Waals surface area contributed by atoms with Crippen molar-refractivity contribution >= 4 is 11.8 Å². The summed E-state index contributed by atoms with van der Waals surface area (Å²) < 4.78 is 10.8. The highest BCUT2D eigenvalue weighted by Gasteiger charge is 2.22. The minimum atomic E-state index is 0.210. The van der Waals surface area contributed by atoms with Crippen molar-refractivity contribution in [2.75, 3.05) is 32.4 Å². The molecule has 1 aliphatic rings. The standard InChI is InChI=1S/C15H24N2O2S/c1-11(6-7-20-3)17(2)13(9-16)12-4-5-14-15(8-12)19-10-18-14/h4-5,8,11,13H,6-7,9-10,16H2,1-3H3. The number of thioether (sulfide) groups is 1. The van der Waals surface area contributed by atoms with Crippen LogP contribution in [0.4, 0.5) is 0 Å². The molecule has 2 N–H and O–H groups in total. The molecule has 0 aromatic heterocycles. The highest BCUT2D eigenvalue weighted by Crippen LogP contribution is 2.35. The molecular weight excluding hydrogens is 272 g/mol. The lowest BCUT2D eigenvalue weighted by Crippen LogP contribution is -2.37. The predicted molar refractivity (Wildman–Crippen MR) is 84.6 cm³/mol. The molecule has 0 aliphatic carbocycles. The van der Waals surface area contributed by atoms with Crippen molar-refractivity contribution < 1.29 is 9.47 Å². The van der Waals surface area contributed by atoms with Gasteiger partial charge >= 0.3 is 0 Å². The fraction of sp³-hybridized carbons (Fsp3) is 0.600. The first-order chi connectivity index (χ1) is 9.67. The lowest BCUT2D eigenvalue weighted by Gasteiger charge is -2.33. The van der Waals surface area contributed by atoms with Gasteiger partial charge in [0.2, 0.25) is 6.79 Å². The molecule has 2 unspecified atom stereocenters. The average molecular weight is 296 g/mol. The van der Waals surface area contributed by atoms with Gasteiger partial charge in [0, 0.05) is 18.6 Å². The summed E-state index contributed by atoms with van der Waals surface area (Å²) in [5.41, 5.74) is 7.19. The van der Waals surface area contributed by atoms with Crippen molar-refractivity contribution in [1.82, 2.24) is 4.90 Å². The van der Waals surface area contributed by atoms with E-state index in [2.05, 4.69) is 37.3 Å². The van der Waals surface area contributed by atoms with Crippen LogP contribution in [0, 0.1) is 0 Å². The number of likely N-dealkylation sites (N-methyl/N-ethyl adjacent to an activating group) is 1. The van der Waals surface area contributed by atoms with Crippen LogP contribution in [-0.2, 0) is 0 Å². The fourth-order valence-corrected chi connectivity index (χ4v) is 3.03. The van der Waals surface area contributed by atoms with Crippen LogP contribution in [0.1, 0.15) is 24.9 Å². The van der Waals surface area contributed by atoms with E-state index >= 15 is 0 Å². The molecule has 0 saturated carbocycles. The molecule has 0 bridgehead atoms. The maximum atomic E-state index is 6.00. The zero-order valence-corrected chi connectivity index (χ0v) is 13.3. The summed E-state index contributed by atoms with van der Waals surface area (Å²) in [6.45, 7) is 3.16. The fourth-order valence-electron chi connectivity index (χ4n) is 2.46. The Morgan fingerprint density at radius 3 is 2.80 bits per heavy atom. The van der Waals surface area contributed by atoms with E-state index in [0.29, 0.717) is 19.4 Å². The Bertz CT molecular complexity index is 442. The van der Waals surface area contributed by atoms with Crippen LogP contribution in [-0.4, -0.2) is 43.3 Å². The Labute approximate surface area is 125 Å². The Kier molecular flexibility index (Phi) is 5.57. The van der Waals surface area contributed by atoms with Gasteiger partial charge in [0.1, 0.15) is 0 Å². The number of hydrogen-bond donors (Lipinski definition) is 1. The van der Waals surface area contributed by atoms with Crippen molar-refractivity contribution in [1.29, 1.82) is 0 Å². The van der Waals surface area contributed by atoms with Crippen molar-refractivity contribution in [3.05, 3.63) is 23.8 Å². The highest BCUT2D eigenvalue weighted by atomic mass is 32.2. The van der Waals surface area contributed by atoms with E-state index in [0.717, 1.165) is 11.5 Å². The van der Waals surface area contributed by atoms with Gasteiger partial charge in [-0.1, -0.05) is 6.07 Å². The Balaban J connectivity index is 2.11. The smallest absolute Gasteiger partial charge is 0.231 e. The van der Waals surface area contributed by atoms with Crippen molar-refractivity contribution in [3.63, 3.8) is 0 Å². The van der Waals surface area contributed by atoms with E-state index in [-0.39, 0.29) is 6.04 Å². The summed E-state index contributed by atoms with van der Waals surface area (Å²) in [4.78, 5) is 2.35. The topological polar surface area (TPSA) is 47.7 Å². The molecule has 0 saturated heterocycles. The number of nitrogens with two attached hydrogens (primary N) is 1. The van der Waals surface area contributed by atoms with Crippen LogP contribution in [0.2, 0.25) is 0 Å². The van der Waals surface area contributed by atoms with E-state index in [1.807, 2.05) is 17.8 Å².